The molecule has 0 fully saturated rings. The van der Waals surface area contributed by atoms with Crippen molar-refractivity contribution in [2.45, 2.75) is 0 Å². The van der Waals surface area contributed by atoms with Gasteiger partial charge in [0.15, 0.2) is 5.78 Å². The van der Waals surface area contributed by atoms with Crippen LogP contribution in [0.25, 0.3) is 11.0 Å². The third-order valence-corrected chi connectivity index (χ3v) is 3.34. The van der Waals surface area contributed by atoms with Gasteiger partial charge in [0, 0.05) is 39.1 Å². The fourth-order valence-corrected chi connectivity index (χ4v) is 2.55. The Balaban J connectivity index is 2.13. The molecular formula is C14H10BrN3O. The number of carbonyl (C=O) groups is 1. The number of hydrogen-bond acceptors (Lipinski definition) is 3. The molecule has 2 heterocycles. The van der Waals surface area contributed by atoms with E-state index in [0.29, 0.717) is 22.5 Å². The van der Waals surface area contributed by atoms with Gasteiger partial charge in [0.1, 0.15) is 5.65 Å². The number of carbonyl (C=O) groups excluding carboxylic acids is 1. The summed E-state index contributed by atoms with van der Waals surface area (Å²) in [6.45, 7) is 0. The third kappa shape index (κ3) is 2.13. The van der Waals surface area contributed by atoms with Gasteiger partial charge in [0.05, 0.1) is 0 Å². The molecule has 0 aliphatic carbocycles. The lowest BCUT2D eigenvalue weighted by molar-refractivity contribution is 0.104. The number of hydrogen-bond donors (Lipinski definition) is 2. The molecule has 1 aromatic carbocycles. The normalized spacial score (nSPS) is 10.8. The number of halogens is 1. The Labute approximate surface area is 117 Å². The highest BCUT2D eigenvalue weighted by atomic mass is 79.9. The summed E-state index contributed by atoms with van der Waals surface area (Å²) >= 11 is 3.34. The molecule has 4 nitrogen and oxygen atoms in total. The molecule has 2 aromatic heterocycles. The zero-order valence-corrected chi connectivity index (χ0v) is 11.4. The summed E-state index contributed by atoms with van der Waals surface area (Å²) in [7, 11) is 0. The van der Waals surface area contributed by atoms with Crippen LogP contribution in [0.4, 0.5) is 5.69 Å². The van der Waals surface area contributed by atoms with E-state index in [2.05, 4.69) is 25.9 Å². The summed E-state index contributed by atoms with van der Waals surface area (Å²) < 4.78 is 0.786. The van der Waals surface area contributed by atoms with E-state index >= 15 is 0 Å². The number of nitrogens with zero attached hydrogens (tertiary/aromatic N) is 1. The molecule has 0 amide bonds. The summed E-state index contributed by atoms with van der Waals surface area (Å²) in [5, 5.41) is 0.811. The average Bonchev–Trinajstić information content (AvgIpc) is 2.80. The molecule has 0 aliphatic rings. The van der Waals surface area contributed by atoms with Crippen LogP contribution >= 0.6 is 15.9 Å². The first-order chi connectivity index (χ1) is 9.15. The first-order valence-electron chi connectivity index (χ1n) is 5.68. The smallest absolute Gasteiger partial charge is 0.195 e. The summed E-state index contributed by atoms with van der Waals surface area (Å²) in [4.78, 5) is 19.7. The number of pyridine rings is 1. The first kappa shape index (κ1) is 11.9. The Morgan fingerprint density at radius 3 is 2.95 bits per heavy atom. The van der Waals surface area contributed by atoms with Crippen molar-refractivity contribution in [3.63, 3.8) is 0 Å². The van der Waals surface area contributed by atoms with E-state index in [0.717, 1.165) is 9.86 Å². The molecule has 0 aliphatic heterocycles. The maximum absolute atomic E-state index is 12.5. The number of H-pyrrole nitrogens is 1. The number of rotatable bonds is 2. The van der Waals surface area contributed by atoms with Crippen LogP contribution in [-0.2, 0) is 0 Å². The molecule has 0 unspecified atom stereocenters. The quantitative estimate of drug-likeness (QED) is 0.563. The summed E-state index contributed by atoms with van der Waals surface area (Å²) in [5.41, 5.74) is 8.17. The predicted octanol–water partition coefficient (Wildman–Crippen LogP) is 3.14. The van der Waals surface area contributed by atoms with Crippen molar-refractivity contribution in [3.05, 3.63) is 58.3 Å². The van der Waals surface area contributed by atoms with Gasteiger partial charge in [0.2, 0.25) is 0 Å². The first-order valence-corrected chi connectivity index (χ1v) is 6.47. The standard InChI is InChI=1S/C14H10BrN3O/c15-9-4-8(5-10(16)6-9)13(19)12-7-18-14-11(12)2-1-3-17-14/h1-7H,16H2,(H,17,18). The maximum atomic E-state index is 12.5. The summed E-state index contributed by atoms with van der Waals surface area (Å²) in [6, 6.07) is 8.86. The van der Waals surface area contributed by atoms with Gasteiger partial charge >= 0.3 is 0 Å². The molecule has 0 spiro atoms. The van der Waals surface area contributed by atoms with E-state index in [9.17, 15) is 4.79 Å². The highest BCUT2D eigenvalue weighted by Crippen LogP contribution is 2.23. The predicted molar refractivity (Wildman–Crippen MR) is 78.1 cm³/mol. The SMILES string of the molecule is Nc1cc(Br)cc(C(=O)c2c[nH]c3ncccc23)c1. The fraction of sp³-hybridized carbons (Fsp3) is 0. The number of nitrogen functional groups attached to an aromatic ring is 1. The number of aromatic amines is 1. The van der Waals surface area contributed by atoms with Crippen LogP contribution in [0.3, 0.4) is 0 Å². The van der Waals surface area contributed by atoms with Crippen LogP contribution in [0.1, 0.15) is 15.9 Å². The zero-order valence-electron chi connectivity index (χ0n) is 9.85. The van der Waals surface area contributed by atoms with Crippen LogP contribution in [0.5, 0.6) is 0 Å². The molecule has 0 saturated carbocycles. The Morgan fingerprint density at radius 2 is 2.16 bits per heavy atom. The second-order valence-electron chi connectivity index (χ2n) is 4.20. The summed E-state index contributed by atoms with van der Waals surface area (Å²) in [5.74, 6) is -0.0766. The molecular weight excluding hydrogens is 306 g/mol. The molecule has 3 rings (SSSR count). The lowest BCUT2D eigenvalue weighted by Crippen LogP contribution is -2.01. The number of fused-ring (bicyclic) bond motifs is 1. The van der Waals surface area contributed by atoms with Crippen LogP contribution < -0.4 is 5.73 Å². The topological polar surface area (TPSA) is 71.8 Å². The van der Waals surface area contributed by atoms with Crippen molar-refractivity contribution >= 4 is 38.4 Å². The number of benzene rings is 1. The van der Waals surface area contributed by atoms with E-state index in [1.165, 1.54) is 0 Å². The van der Waals surface area contributed by atoms with Crippen molar-refractivity contribution in [2.24, 2.45) is 0 Å². The second-order valence-corrected chi connectivity index (χ2v) is 5.12. The van der Waals surface area contributed by atoms with Crippen molar-refractivity contribution in [1.82, 2.24) is 9.97 Å². The van der Waals surface area contributed by atoms with Gasteiger partial charge in [-0.15, -0.1) is 0 Å². The highest BCUT2D eigenvalue weighted by Gasteiger charge is 2.15. The Hall–Kier alpha value is -2.14. The molecule has 3 N–H and O–H groups in total. The number of nitrogens with one attached hydrogen (secondary N) is 1. The number of aromatic nitrogens is 2. The average molecular weight is 316 g/mol. The van der Waals surface area contributed by atoms with E-state index < -0.39 is 0 Å². The lowest BCUT2D eigenvalue weighted by Gasteiger charge is -2.02. The van der Waals surface area contributed by atoms with Crippen LogP contribution in [-0.4, -0.2) is 15.8 Å². The van der Waals surface area contributed by atoms with Gasteiger partial charge in [-0.25, -0.2) is 4.98 Å². The minimum atomic E-state index is -0.0766. The largest absolute Gasteiger partial charge is 0.399 e. The van der Waals surface area contributed by atoms with Gasteiger partial charge in [-0.1, -0.05) is 15.9 Å². The number of nitrogens with two attached hydrogens (primary N) is 1. The van der Waals surface area contributed by atoms with E-state index in [1.807, 2.05) is 12.1 Å². The van der Waals surface area contributed by atoms with Crippen LogP contribution in [0, 0.1) is 0 Å². The monoisotopic (exact) mass is 315 g/mol. The molecule has 0 bridgehead atoms. The van der Waals surface area contributed by atoms with Crippen molar-refractivity contribution in [3.8, 4) is 0 Å². The van der Waals surface area contributed by atoms with E-state index in [-0.39, 0.29) is 5.78 Å². The second kappa shape index (κ2) is 4.51. The molecule has 0 atom stereocenters. The molecule has 94 valence electrons. The van der Waals surface area contributed by atoms with Gasteiger partial charge < -0.3 is 10.7 Å². The maximum Gasteiger partial charge on any atom is 0.195 e. The minimum Gasteiger partial charge on any atom is -0.399 e. The molecule has 5 heteroatoms. The molecule has 3 aromatic rings. The Kier molecular flexibility index (Phi) is 2.83. The highest BCUT2D eigenvalue weighted by molar-refractivity contribution is 9.10. The van der Waals surface area contributed by atoms with Gasteiger partial charge in [-0.3, -0.25) is 4.79 Å². The van der Waals surface area contributed by atoms with Crippen LogP contribution in [0.15, 0.2) is 47.2 Å². The minimum absolute atomic E-state index is 0.0766. The number of ketones is 1. The Bertz CT molecular complexity index is 759. The van der Waals surface area contributed by atoms with E-state index in [4.69, 9.17) is 5.73 Å². The van der Waals surface area contributed by atoms with E-state index in [1.54, 1.807) is 30.6 Å². The van der Waals surface area contributed by atoms with Crippen LogP contribution in [0.2, 0.25) is 0 Å². The van der Waals surface area contributed by atoms with Gasteiger partial charge in [-0.2, -0.15) is 0 Å². The fourth-order valence-electron chi connectivity index (χ4n) is 2.04. The lowest BCUT2D eigenvalue weighted by atomic mass is 10.0. The summed E-state index contributed by atoms with van der Waals surface area (Å²) in [6.07, 6.45) is 3.36. The molecule has 0 radical (unpaired) electrons. The third-order valence-electron chi connectivity index (χ3n) is 2.88. The van der Waals surface area contributed by atoms with Gasteiger partial charge in [-0.05, 0) is 30.3 Å². The Morgan fingerprint density at radius 1 is 1.32 bits per heavy atom. The zero-order chi connectivity index (χ0) is 13.4. The number of anilines is 1. The molecule has 19 heavy (non-hydrogen) atoms. The van der Waals surface area contributed by atoms with Crippen molar-refractivity contribution < 1.29 is 4.79 Å². The van der Waals surface area contributed by atoms with Crippen molar-refractivity contribution in [2.75, 3.05) is 5.73 Å². The van der Waals surface area contributed by atoms with Gasteiger partial charge in [0.25, 0.3) is 0 Å². The molecule has 0 saturated heterocycles. The van der Waals surface area contributed by atoms with Crippen molar-refractivity contribution in [1.29, 1.82) is 0 Å².